The first kappa shape index (κ1) is 24.2. The zero-order valence-corrected chi connectivity index (χ0v) is 18.9. The first-order chi connectivity index (χ1) is 15.9. The van der Waals surface area contributed by atoms with Gasteiger partial charge in [0.15, 0.2) is 0 Å². The fourth-order valence-electron chi connectivity index (χ4n) is 4.06. The lowest BCUT2D eigenvalue weighted by Crippen LogP contribution is -2.44. The number of carbonyl (C=O) groups is 3. The second kappa shape index (κ2) is 12.0. The van der Waals surface area contributed by atoms with Gasteiger partial charge >= 0.3 is 5.97 Å². The van der Waals surface area contributed by atoms with Gasteiger partial charge in [0.1, 0.15) is 11.8 Å². The Morgan fingerprint density at radius 2 is 1.76 bits per heavy atom. The van der Waals surface area contributed by atoms with Crippen molar-refractivity contribution in [1.82, 2.24) is 15.2 Å². The van der Waals surface area contributed by atoms with Gasteiger partial charge in [0.25, 0.3) is 0 Å². The molecular formula is C25H31N3O5. The summed E-state index contributed by atoms with van der Waals surface area (Å²) < 4.78 is 5.11. The quantitative estimate of drug-likeness (QED) is 0.572. The third-order valence-corrected chi connectivity index (χ3v) is 6.05. The van der Waals surface area contributed by atoms with Crippen LogP contribution in [-0.4, -0.2) is 59.0 Å². The number of pyridine rings is 1. The molecule has 1 aromatic carbocycles. The molecule has 1 saturated heterocycles. The van der Waals surface area contributed by atoms with Crippen molar-refractivity contribution in [1.29, 1.82) is 0 Å². The van der Waals surface area contributed by atoms with E-state index in [1.807, 2.05) is 17.0 Å². The number of aliphatic carboxylic acids is 1. The Balaban J connectivity index is 1.41. The number of rotatable bonds is 10. The summed E-state index contributed by atoms with van der Waals surface area (Å²) in [6.07, 6.45) is 6.55. The van der Waals surface area contributed by atoms with Crippen LogP contribution < -0.4 is 10.1 Å². The molecule has 8 nitrogen and oxygen atoms in total. The van der Waals surface area contributed by atoms with E-state index in [4.69, 9.17) is 4.74 Å². The molecule has 176 valence electrons. The van der Waals surface area contributed by atoms with E-state index in [0.717, 1.165) is 24.0 Å². The van der Waals surface area contributed by atoms with E-state index in [1.54, 1.807) is 43.8 Å². The molecule has 0 spiro atoms. The summed E-state index contributed by atoms with van der Waals surface area (Å²) in [6.45, 7) is 1.25. The van der Waals surface area contributed by atoms with Gasteiger partial charge in [-0.25, -0.2) is 4.79 Å². The molecule has 1 fully saturated rings. The predicted octanol–water partition coefficient (Wildman–Crippen LogP) is 2.46. The largest absolute Gasteiger partial charge is 0.497 e. The van der Waals surface area contributed by atoms with Crippen molar-refractivity contribution in [2.24, 2.45) is 5.92 Å². The number of hydrogen-bond acceptors (Lipinski definition) is 5. The summed E-state index contributed by atoms with van der Waals surface area (Å²) in [5.74, 6) is -0.367. The molecule has 33 heavy (non-hydrogen) atoms. The summed E-state index contributed by atoms with van der Waals surface area (Å²) in [5, 5.41) is 12.2. The molecule has 1 aliphatic heterocycles. The predicted molar refractivity (Wildman–Crippen MR) is 123 cm³/mol. The maximum Gasteiger partial charge on any atom is 0.326 e. The average Bonchev–Trinajstić information content (AvgIpc) is 2.83. The van der Waals surface area contributed by atoms with Crippen molar-refractivity contribution in [3.63, 3.8) is 0 Å². The van der Waals surface area contributed by atoms with Gasteiger partial charge in [-0.05, 0) is 60.6 Å². The number of carboxylic acid groups (broad SMARTS) is 1. The van der Waals surface area contributed by atoms with E-state index in [0.29, 0.717) is 31.7 Å². The minimum Gasteiger partial charge on any atom is -0.497 e. The highest BCUT2D eigenvalue weighted by Crippen LogP contribution is 2.21. The Labute approximate surface area is 194 Å². The third-order valence-electron chi connectivity index (χ3n) is 6.05. The van der Waals surface area contributed by atoms with E-state index in [-0.39, 0.29) is 30.6 Å². The van der Waals surface area contributed by atoms with Gasteiger partial charge in [0.2, 0.25) is 11.8 Å². The molecule has 1 atom stereocenters. The number of carboxylic acids is 1. The van der Waals surface area contributed by atoms with Crippen LogP contribution >= 0.6 is 0 Å². The summed E-state index contributed by atoms with van der Waals surface area (Å²) in [4.78, 5) is 42.5. The molecule has 2 amide bonds. The van der Waals surface area contributed by atoms with Crippen molar-refractivity contribution in [2.45, 2.75) is 44.6 Å². The monoisotopic (exact) mass is 453 g/mol. The van der Waals surface area contributed by atoms with Crippen LogP contribution in [0, 0.1) is 5.92 Å². The SMILES string of the molecule is COc1ccc(CC(NC(=O)CC2CCN(C(=O)CCc3ccncc3)CC2)C(=O)O)cc1. The van der Waals surface area contributed by atoms with Crippen LogP contribution in [0.25, 0.3) is 0 Å². The number of nitrogens with one attached hydrogen (secondary N) is 1. The molecule has 0 bridgehead atoms. The molecule has 1 unspecified atom stereocenters. The molecule has 0 saturated carbocycles. The molecule has 2 N–H and O–H groups in total. The third kappa shape index (κ3) is 7.59. The van der Waals surface area contributed by atoms with Crippen LogP contribution in [0.3, 0.4) is 0 Å². The minimum absolute atomic E-state index is 0.125. The lowest BCUT2D eigenvalue weighted by Gasteiger charge is -2.32. The second-order valence-corrected chi connectivity index (χ2v) is 8.39. The summed E-state index contributed by atoms with van der Waals surface area (Å²) in [5.41, 5.74) is 1.90. The Kier molecular flexibility index (Phi) is 8.80. The van der Waals surface area contributed by atoms with Gasteiger partial charge in [-0.2, -0.15) is 0 Å². The fourth-order valence-corrected chi connectivity index (χ4v) is 4.06. The summed E-state index contributed by atoms with van der Waals surface area (Å²) in [7, 11) is 1.57. The molecule has 8 heteroatoms. The van der Waals surface area contributed by atoms with Crippen LogP contribution in [-0.2, 0) is 27.2 Å². The normalized spacial score (nSPS) is 15.0. The van der Waals surface area contributed by atoms with Gasteiger partial charge in [0.05, 0.1) is 7.11 Å². The number of methoxy groups -OCH3 is 1. The van der Waals surface area contributed by atoms with Gasteiger partial charge in [0, 0.05) is 44.7 Å². The van der Waals surface area contributed by atoms with Crippen molar-refractivity contribution in [3.8, 4) is 5.75 Å². The van der Waals surface area contributed by atoms with E-state index in [1.165, 1.54) is 0 Å². The number of piperidine rings is 1. The minimum atomic E-state index is -1.06. The molecule has 3 rings (SSSR count). The number of ether oxygens (including phenoxy) is 1. The maximum atomic E-state index is 12.5. The van der Waals surface area contributed by atoms with Crippen molar-refractivity contribution < 1.29 is 24.2 Å². The van der Waals surface area contributed by atoms with Crippen LogP contribution in [0.5, 0.6) is 5.75 Å². The van der Waals surface area contributed by atoms with E-state index < -0.39 is 12.0 Å². The van der Waals surface area contributed by atoms with E-state index in [9.17, 15) is 19.5 Å². The number of amides is 2. The zero-order valence-electron chi connectivity index (χ0n) is 18.9. The lowest BCUT2D eigenvalue weighted by molar-refractivity contribution is -0.142. The van der Waals surface area contributed by atoms with Gasteiger partial charge in [-0.15, -0.1) is 0 Å². The fraction of sp³-hybridized carbons (Fsp3) is 0.440. The maximum absolute atomic E-state index is 12.5. The first-order valence-electron chi connectivity index (χ1n) is 11.3. The Morgan fingerprint density at radius 3 is 2.36 bits per heavy atom. The Bertz CT molecular complexity index is 925. The summed E-state index contributed by atoms with van der Waals surface area (Å²) >= 11 is 0. The Hall–Kier alpha value is -3.42. The van der Waals surface area contributed by atoms with E-state index in [2.05, 4.69) is 10.3 Å². The highest BCUT2D eigenvalue weighted by molar-refractivity contribution is 5.84. The van der Waals surface area contributed by atoms with Gasteiger partial charge in [-0.3, -0.25) is 14.6 Å². The smallest absolute Gasteiger partial charge is 0.326 e. The molecule has 0 aliphatic carbocycles. The molecule has 2 heterocycles. The van der Waals surface area contributed by atoms with Crippen LogP contribution in [0.15, 0.2) is 48.8 Å². The number of carbonyl (C=O) groups excluding carboxylic acids is 2. The highest BCUT2D eigenvalue weighted by Gasteiger charge is 2.26. The lowest BCUT2D eigenvalue weighted by atomic mass is 9.92. The number of likely N-dealkylation sites (tertiary alicyclic amines) is 1. The van der Waals surface area contributed by atoms with Gasteiger partial charge < -0.3 is 20.1 Å². The van der Waals surface area contributed by atoms with Crippen molar-refractivity contribution >= 4 is 17.8 Å². The highest BCUT2D eigenvalue weighted by atomic mass is 16.5. The average molecular weight is 454 g/mol. The second-order valence-electron chi connectivity index (χ2n) is 8.39. The van der Waals surface area contributed by atoms with Crippen LogP contribution in [0.1, 0.15) is 36.8 Å². The zero-order chi connectivity index (χ0) is 23.6. The molecule has 2 aromatic rings. The van der Waals surface area contributed by atoms with E-state index >= 15 is 0 Å². The summed E-state index contributed by atoms with van der Waals surface area (Å²) in [6, 6.07) is 9.96. The standard InChI is InChI=1S/C25H31N3O5/c1-33-21-5-2-19(3-6-21)16-22(25(31)32)27-23(29)17-20-10-14-28(15-11-20)24(30)7-4-18-8-12-26-13-9-18/h2-3,5-6,8-9,12-13,20,22H,4,7,10-11,14-17H2,1H3,(H,27,29)(H,31,32). The Morgan fingerprint density at radius 1 is 1.09 bits per heavy atom. The molecule has 0 radical (unpaired) electrons. The number of nitrogens with zero attached hydrogens (tertiary/aromatic N) is 2. The van der Waals surface area contributed by atoms with Crippen molar-refractivity contribution in [2.75, 3.05) is 20.2 Å². The molecule has 1 aromatic heterocycles. The number of aryl methyl sites for hydroxylation is 1. The van der Waals surface area contributed by atoms with Crippen LogP contribution in [0.4, 0.5) is 0 Å². The number of benzene rings is 1. The topological polar surface area (TPSA) is 109 Å². The van der Waals surface area contributed by atoms with Crippen molar-refractivity contribution in [3.05, 3.63) is 59.9 Å². The molecule has 1 aliphatic rings. The first-order valence-corrected chi connectivity index (χ1v) is 11.3. The number of aromatic nitrogens is 1. The van der Waals surface area contributed by atoms with Gasteiger partial charge in [-0.1, -0.05) is 12.1 Å². The number of hydrogen-bond donors (Lipinski definition) is 2. The van der Waals surface area contributed by atoms with Crippen LogP contribution in [0.2, 0.25) is 0 Å². The molecular weight excluding hydrogens is 422 g/mol.